The first-order valence-electron chi connectivity index (χ1n) is 5.12. The van der Waals surface area contributed by atoms with Gasteiger partial charge >= 0.3 is 0 Å². The fraction of sp³-hybridized carbons (Fsp3) is 0.778. The van der Waals surface area contributed by atoms with Crippen LogP contribution < -0.4 is 5.73 Å². The highest BCUT2D eigenvalue weighted by molar-refractivity contribution is 7.15. The van der Waals surface area contributed by atoms with E-state index in [4.69, 9.17) is 10.5 Å². The van der Waals surface area contributed by atoms with Crippen molar-refractivity contribution in [2.75, 3.05) is 25.9 Å². The summed E-state index contributed by atoms with van der Waals surface area (Å²) in [4.78, 5) is 2.20. The summed E-state index contributed by atoms with van der Waals surface area (Å²) in [5.41, 5.74) is 5.52. The van der Waals surface area contributed by atoms with Crippen LogP contribution in [0.4, 0.5) is 5.13 Å². The summed E-state index contributed by atoms with van der Waals surface area (Å²) in [6, 6.07) is 0. The largest absolute Gasteiger partial charge is 0.377 e. The number of anilines is 1. The summed E-state index contributed by atoms with van der Waals surface area (Å²) < 4.78 is 5.57. The summed E-state index contributed by atoms with van der Waals surface area (Å²) in [5.74, 6) is 0. The number of nitrogen functional groups attached to an aromatic ring is 1. The van der Waals surface area contributed by atoms with Crippen LogP contribution in [0.2, 0.25) is 0 Å². The van der Waals surface area contributed by atoms with Crippen molar-refractivity contribution in [2.24, 2.45) is 0 Å². The van der Waals surface area contributed by atoms with Gasteiger partial charge in [-0.1, -0.05) is 11.3 Å². The van der Waals surface area contributed by atoms with Crippen LogP contribution in [0.1, 0.15) is 17.8 Å². The number of nitrogens with two attached hydrogens (primary N) is 1. The third-order valence-corrected chi connectivity index (χ3v) is 3.16. The monoisotopic (exact) mass is 228 g/mol. The second kappa shape index (κ2) is 4.87. The molecule has 15 heavy (non-hydrogen) atoms. The number of rotatable bonds is 4. The topological polar surface area (TPSA) is 64.3 Å². The lowest BCUT2D eigenvalue weighted by atomic mass is 10.2. The molecule has 84 valence electrons. The maximum Gasteiger partial charge on any atom is 0.203 e. The van der Waals surface area contributed by atoms with E-state index in [9.17, 15) is 0 Å². The van der Waals surface area contributed by atoms with E-state index < -0.39 is 0 Å². The first kappa shape index (κ1) is 10.8. The van der Waals surface area contributed by atoms with Gasteiger partial charge in [0.2, 0.25) is 5.13 Å². The highest BCUT2D eigenvalue weighted by atomic mass is 32.1. The minimum Gasteiger partial charge on any atom is -0.377 e. The van der Waals surface area contributed by atoms with E-state index in [1.165, 1.54) is 24.2 Å². The van der Waals surface area contributed by atoms with E-state index in [2.05, 4.69) is 22.1 Å². The Labute approximate surface area is 93.2 Å². The molecular weight excluding hydrogens is 212 g/mol. The lowest BCUT2D eigenvalue weighted by Gasteiger charge is -2.18. The number of aromatic nitrogens is 2. The molecule has 0 aromatic carbocycles. The van der Waals surface area contributed by atoms with Gasteiger partial charge in [-0.3, -0.25) is 4.90 Å². The first-order valence-corrected chi connectivity index (χ1v) is 5.93. The summed E-state index contributed by atoms with van der Waals surface area (Å²) >= 11 is 1.45. The van der Waals surface area contributed by atoms with E-state index in [1.807, 2.05) is 0 Å². The molecule has 6 heteroatoms. The van der Waals surface area contributed by atoms with Crippen LogP contribution in [-0.2, 0) is 11.3 Å². The van der Waals surface area contributed by atoms with Crippen molar-refractivity contribution in [1.82, 2.24) is 15.1 Å². The molecule has 0 aliphatic carbocycles. The van der Waals surface area contributed by atoms with Gasteiger partial charge in [0.25, 0.3) is 0 Å². The Morgan fingerprint density at radius 1 is 1.60 bits per heavy atom. The van der Waals surface area contributed by atoms with Gasteiger partial charge in [-0.25, -0.2) is 0 Å². The molecule has 0 bridgehead atoms. The number of hydrogen-bond donors (Lipinski definition) is 1. The third-order valence-electron chi connectivity index (χ3n) is 2.43. The summed E-state index contributed by atoms with van der Waals surface area (Å²) in [6.45, 7) is 2.67. The molecule has 2 N–H and O–H groups in total. The molecule has 0 spiro atoms. The molecule has 1 fully saturated rings. The van der Waals surface area contributed by atoms with Crippen LogP contribution in [0.25, 0.3) is 0 Å². The Hall–Kier alpha value is -0.720. The lowest BCUT2D eigenvalue weighted by Crippen LogP contribution is -2.28. The molecule has 2 heterocycles. The number of likely N-dealkylation sites (N-methyl/N-ethyl adjacent to an activating group) is 1. The van der Waals surface area contributed by atoms with Crippen molar-refractivity contribution in [3.05, 3.63) is 5.01 Å². The Morgan fingerprint density at radius 2 is 2.47 bits per heavy atom. The summed E-state index contributed by atoms with van der Waals surface area (Å²) in [5, 5.41) is 9.28. The fourth-order valence-electron chi connectivity index (χ4n) is 1.76. The van der Waals surface area contributed by atoms with Crippen molar-refractivity contribution < 1.29 is 4.74 Å². The molecule has 1 atom stereocenters. The molecule has 0 radical (unpaired) electrons. The van der Waals surface area contributed by atoms with Crippen molar-refractivity contribution in [1.29, 1.82) is 0 Å². The van der Waals surface area contributed by atoms with Gasteiger partial charge in [0.05, 0.1) is 12.6 Å². The van der Waals surface area contributed by atoms with E-state index in [0.29, 0.717) is 11.2 Å². The van der Waals surface area contributed by atoms with Gasteiger partial charge in [-0.15, -0.1) is 10.2 Å². The average Bonchev–Trinajstić information content (AvgIpc) is 2.77. The molecule has 1 aliphatic heterocycles. The first-order chi connectivity index (χ1) is 7.24. The number of nitrogens with zero attached hydrogens (tertiary/aromatic N) is 3. The Balaban J connectivity index is 1.78. The standard InChI is InChI=1S/C9H16N4OS/c1-13(5-7-3-2-4-14-7)6-8-11-12-9(10)15-8/h7H,2-6H2,1H3,(H2,10,12). The maximum absolute atomic E-state index is 5.57. The van der Waals surface area contributed by atoms with Gasteiger partial charge in [-0.2, -0.15) is 0 Å². The van der Waals surface area contributed by atoms with Crippen molar-refractivity contribution in [3.8, 4) is 0 Å². The van der Waals surface area contributed by atoms with Crippen LogP contribution in [0.15, 0.2) is 0 Å². The molecule has 0 amide bonds. The minimum absolute atomic E-state index is 0.389. The van der Waals surface area contributed by atoms with Crippen LogP contribution in [0.5, 0.6) is 0 Å². The van der Waals surface area contributed by atoms with Gasteiger partial charge in [-0.05, 0) is 19.9 Å². The summed E-state index contributed by atoms with van der Waals surface area (Å²) in [6.07, 6.45) is 2.74. The lowest BCUT2D eigenvalue weighted by molar-refractivity contribution is 0.0792. The normalized spacial score (nSPS) is 21.3. The SMILES string of the molecule is CN(Cc1nnc(N)s1)CC1CCCO1. The highest BCUT2D eigenvalue weighted by Gasteiger charge is 2.17. The van der Waals surface area contributed by atoms with Crippen LogP contribution in [-0.4, -0.2) is 41.4 Å². The molecule has 1 saturated heterocycles. The van der Waals surface area contributed by atoms with Crippen molar-refractivity contribution >= 4 is 16.5 Å². The Morgan fingerprint density at radius 3 is 3.07 bits per heavy atom. The molecule has 0 saturated carbocycles. The minimum atomic E-state index is 0.389. The molecule has 1 aromatic heterocycles. The molecule has 2 rings (SSSR count). The second-order valence-electron chi connectivity index (χ2n) is 3.87. The quantitative estimate of drug-likeness (QED) is 0.823. The van der Waals surface area contributed by atoms with E-state index in [1.54, 1.807) is 0 Å². The van der Waals surface area contributed by atoms with Crippen LogP contribution in [0.3, 0.4) is 0 Å². The predicted molar refractivity (Wildman–Crippen MR) is 59.6 cm³/mol. The van der Waals surface area contributed by atoms with Crippen LogP contribution >= 0.6 is 11.3 Å². The molecule has 1 aliphatic rings. The highest BCUT2D eigenvalue weighted by Crippen LogP contribution is 2.16. The number of hydrogen-bond acceptors (Lipinski definition) is 6. The predicted octanol–water partition coefficient (Wildman–Crippen LogP) is 0.731. The molecular formula is C9H16N4OS. The van der Waals surface area contributed by atoms with E-state index in [0.717, 1.165) is 24.7 Å². The van der Waals surface area contributed by atoms with Gasteiger partial charge in [0, 0.05) is 13.2 Å². The average molecular weight is 228 g/mol. The third kappa shape index (κ3) is 3.12. The number of ether oxygens (including phenoxy) is 1. The van der Waals surface area contributed by atoms with E-state index in [-0.39, 0.29) is 0 Å². The smallest absolute Gasteiger partial charge is 0.203 e. The van der Waals surface area contributed by atoms with Gasteiger partial charge < -0.3 is 10.5 Å². The Bertz CT molecular complexity index is 311. The molecule has 5 nitrogen and oxygen atoms in total. The van der Waals surface area contributed by atoms with Crippen molar-refractivity contribution in [2.45, 2.75) is 25.5 Å². The zero-order valence-electron chi connectivity index (χ0n) is 8.85. The Kier molecular flexibility index (Phi) is 3.50. The fourth-order valence-corrected chi connectivity index (χ4v) is 2.45. The van der Waals surface area contributed by atoms with Gasteiger partial charge in [0.15, 0.2) is 0 Å². The van der Waals surface area contributed by atoms with Crippen molar-refractivity contribution in [3.63, 3.8) is 0 Å². The van der Waals surface area contributed by atoms with Gasteiger partial charge in [0.1, 0.15) is 5.01 Å². The summed E-state index contributed by atoms with van der Waals surface area (Å²) in [7, 11) is 2.07. The zero-order valence-corrected chi connectivity index (χ0v) is 9.66. The second-order valence-corrected chi connectivity index (χ2v) is 4.96. The molecule has 1 aromatic rings. The maximum atomic E-state index is 5.57. The van der Waals surface area contributed by atoms with E-state index >= 15 is 0 Å². The zero-order chi connectivity index (χ0) is 10.7. The molecule has 1 unspecified atom stereocenters. The van der Waals surface area contributed by atoms with Crippen LogP contribution in [0, 0.1) is 0 Å².